The number of aromatic nitrogens is 2. The minimum atomic E-state index is -0.0985. The number of nitrogens with zero attached hydrogens (tertiary/aromatic N) is 2. The molecular formula is C14H16ClN3OS2. The number of unbranched alkanes of at least 4 members (excludes halogenated alkanes) is 1. The van der Waals surface area contributed by atoms with Gasteiger partial charge in [0.1, 0.15) is 0 Å². The third kappa shape index (κ3) is 5.65. The summed E-state index contributed by atoms with van der Waals surface area (Å²) in [6.45, 7) is 2.16. The van der Waals surface area contributed by atoms with Crippen molar-refractivity contribution < 1.29 is 4.79 Å². The molecule has 0 unspecified atom stereocenters. The lowest BCUT2D eigenvalue weighted by atomic mass is 10.1. The summed E-state index contributed by atoms with van der Waals surface area (Å²) in [7, 11) is 0. The van der Waals surface area contributed by atoms with E-state index in [1.165, 1.54) is 11.3 Å². The number of halogens is 1. The van der Waals surface area contributed by atoms with Gasteiger partial charge in [-0.2, -0.15) is 0 Å². The summed E-state index contributed by atoms with van der Waals surface area (Å²) in [6.07, 6.45) is 2.62. The number of carbonyl (C=O) groups excluding carboxylic acids is 1. The molecule has 0 saturated heterocycles. The highest BCUT2D eigenvalue weighted by atomic mass is 35.5. The van der Waals surface area contributed by atoms with Gasteiger partial charge in [0.05, 0.1) is 6.42 Å². The molecule has 0 fully saturated rings. The maximum absolute atomic E-state index is 11.9. The lowest BCUT2D eigenvalue weighted by Gasteiger charge is -2.01. The number of rotatable bonds is 7. The highest BCUT2D eigenvalue weighted by Crippen LogP contribution is 2.26. The monoisotopic (exact) mass is 341 g/mol. The second kappa shape index (κ2) is 8.36. The van der Waals surface area contributed by atoms with E-state index in [4.69, 9.17) is 11.6 Å². The fourth-order valence-electron chi connectivity index (χ4n) is 1.57. The van der Waals surface area contributed by atoms with Crippen LogP contribution in [-0.4, -0.2) is 21.9 Å². The summed E-state index contributed by atoms with van der Waals surface area (Å²) in [5, 5.41) is 12.0. The van der Waals surface area contributed by atoms with E-state index in [1.807, 2.05) is 12.1 Å². The molecule has 0 saturated carbocycles. The van der Waals surface area contributed by atoms with E-state index in [2.05, 4.69) is 22.4 Å². The van der Waals surface area contributed by atoms with Crippen LogP contribution in [-0.2, 0) is 11.2 Å². The molecule has 1 N–H and O–H groups in total. The molecule has 1 heterocycles. The number of hydrogen-bond acceptors (Lipinski definition) is 5. The predicted octanol–water partition coefficient (Wildman–Crippen LogP) is 4.26. The van der Waals surface area contributed by atoms with Gasteiger partial charge in [0.2, 0.25) is 11.0 Å². The fourth-order valence-corrected chi connectivity index (χ4v) is 3.62. The first-order valence-corrected chi connectivity index (χ1v) is 8.86. The third-order valence-electron chi connectivity index (χ3n) is 2.65. The van der Waals surface area contributed by atoms with E-state index in [1.54, 1.807) is 23.9 Å². The Bertz CT molecular complexity index is 586. The number of hydrogen-bond donors (Lipinski definition) is 1. The summed E-state index contributed by atoms with van der Waals surface area (Å²) in [5.41, 5.74) is 0.916. The van der Waals surface area contributed by atoms with E-state index >= 15 is 0 Å². The molecule has 4 nitrogen and oxygen atoms in total. The average molecular weight is 342 g/mol. The zero-order valence-electron chi connectivity index (χ0n) is 11.6. The summed E-state index contributed by atoms with van der Waals surface area (Å²) < 4.78 is 0.894. The van der Waals surface area contributed by atoms with Crippen molar-refractivity contribution in [2.75, 3.05) is 11.1 Å². The maximum Gasteiger partial charge on any atom is 0.230 e. The van der Waals surface area contributed by atoms with E-state index in [0.29, 0.717) is 16.6 Å². The molecule has 7 heteroatoms. The first-order chi connectivity index (χ1) is 10.2. The Balaban J connectivity index is 1.83. The van der Waals surface area contributed by atoms with Gasteiger partial charge in [-0.25, -0.2) is 0 Å². The van der Waals surface area contributed by atoms with Crippen molar-refractivity contribution in [1.29, 1.82) is 0 Å². The Morgan fingerprint density at radius 2 is 2.10 bits per heavy atom. The van der Waals surface area contributed by atoms with Gasteiger partial charge >= 0.3 is 0 Å². The lowest BCUT2D eigenvalue weighted by molar-refractivity contribution is -0.115. The normalized spacial score (nSPS) is 10.6. The Morgan fingerprint density at radius 1 is 1.33 bits per heavy atom. The van der Waals surface area contributed by atoms with E-state index in [-0.39, 0.29) is 5.91 Å². The van der Waals surface area contributed by atoms with Gasteiger partial charge in [-0.3, -0.25) is 4.79 Å². The second-order valence-corrected chi connectivity index (χ2v) is 7.18. The molecule has 1 aromatic carbocycles. The molecule has 1 amide bonds. The van der Waals surface area contributed by atoms with Crippen LogP contribution in [0.3, 0.4) is 0 Å². The zero-order chi connectivity index (χ0) is 15.1. The smallest absolute Gasteiger partial charge is 0.230 e. The standard InChI is InChI=1S/C14H16ClN3OS2/c1-2-3-8-20-14-18-17-13(21-14)16-12(19)9-10-4-6-11(15)7-5-10/h4-7H,2-3,8-9H2,1H3,(H,16,17,19). The molecule has 0 aliphatic carbocycles. The van der Waals surface area contributed by atoms with Crippen molar-refractivity contribution in [3.8, 4) is 0 Å². The molecule has 0 atom stereocenters. The van der Waals surface area contributed by atoms with Crippen LogP contribution in [0.5, 0.6) is 0 Å². The summed E-state index contributed by atoms with van der Waals surface area (Å²) in [6, 6.07) is 7.23. The number of anilines is 1. The Kier molecular flexibility index (Phi) is 6.48. The third-order valence-corrected chi connectivity index (χ3v) is 4.96. The quantitative estimate of drug-likeness (QED) is 0.464. The summed E-state index contributed by atoms with van der Waals surface area (Å²) in [5.74, 6) is 0.933. The maximum atomic E-state index is 11.9. The molecular weight excluding hydrogens is 326 g/mol. The molecule has 1 aromatic heterocycles. The molecule has 0 spiro atoms. The van der Waals surface area contributed by atoms with Gasteiger partial charge in [-0.05, 0) is 24.1 Å². The fraction of sp³-hybridized carbons (Fsp3) is 0.357. The Labute approximate surface area is 137 Å². The zero-order valence-corrected chi connectivity index (χ0v) is 14.0. The molecule has 21 heavy (non-hydrogen) atoms. The molecule has 0 radical (unpaired) electrons. The van der Waals surface area contributed by atoms with Crippen LogP contribution < -0.4 is 5.32 Å². The number of amides is 1. The van der Waals surface area contributed by atoms with Gasteiger partial charge in [0.15, 0.2) is 4.34 Å². The van der Waals surface area contributed by atoms with Crippen LogP contribution in [0.1, 0.15) is 25.3 Å². The Hall–Kier alpha value is -1.11. The Morgan fingerprint density at radius 3 is 2.81 bits per heavy atom. The van der Waals surface area contributed by atoms with Crippen molar-refractivity contribution in [2.24, 2.45) is 0 Å². The van der Waals surface area contributed by atoms with E-state index in [0.717, 1.165) is 28.5 Å². The van der Waals surface area contributed by atoms with Crippen LogP contribution >= 0.6 is 34.7 Å². The average Bonchev–Trinajstić information content (AvgIpc) is 2.89. The highest BCUT2D eigenvalue weighted by Gasteiger charge is 2.09. The van der Waals surface area contributed by atoms with Crippen LogP contribution in [0.4, 0.5) is 5.13 Å². The first kappa shape index (κ1) is 16.3. The second-order valence-electron chi connectivity index (χ2n) is 4.43. The number of thioether (sulfide) groups is 1. The lowest BCUT2D eigenvalue weighted by Crippen LogP contribution is -2.14. The largest absolute Gasteiger partial charge is 0.300 e. The van der Waals surface area contributed by atoms with Crippen molar-refractivity contribution >= 4 is 45.7 Å². The van der Waals surface area contributed by atoms with Crippen molar-refractivity contribution in [2.45, 2.75) is 30.5 Å². The van der Waals surface area contributed by atoms with Crippen LogP contribution in [0, 0.1) is 0 Å². The minimum absolute atomic E-state index is 0.0985. The SMILES string of the molecule is CCCCSc1nnc(NC(=O)Cc2ccc(Cl)cc2)s1. The van der Waals surface area contributed by atoms with Crippen LogP contribution in [0.25, 0.3) is 0 Å². The van der Waals surface area contributed by atoms with Gasteiger partial charge in [0.25, 0.3) is 0 Å². The van der Waals surface area contributed by atoms with Crippen molar-refractivity contribution in [3.63, 3.8) is 0 Å². The van der Waals surface area contributed by atoms with E-state index in [9.17, 15) is 4.79 Å². The number of nitrogens with one attached hydrogen (secondary N) is 1. The minimum Gasteiger partial charge on any atom is -0.300 e. The molecule has 0 bridgehead atoms. The van der Waals surface area contributed by atoms with Gasteiger partial charge < -0.3 is 5.32 Å². The topological polar surface area (TPSA) is 54.9 Å². The van der Waals surface area contributed by atoms with Crippen LogP contribution in [0.15, 0.2) is 28.6 Å². The molecule has 112 valence electrons. The summed E-state index contributed by atoms with van der Waals surface area (Å²) >= 11 is 8.90. The molecule has 2 rings (SSSR count). The highest BCUT2D eigenvalue weighted by molar-refractivity contribution is 8.01. The molecule has 2 aromatic rings. The number of carbonyl (C=O) groups is 1. The summed E-state index contributed by atoms with van der Waals surface area (Å²) in [4.78, 5) is 11.9. The van der Waals surface area contributed by atoms with Gasteiger partial charge in [-0.1, -0.05) is 60.2 Å². The molecule has 0 aliphatic heterocycles. The van der Waals surface area contributed by atoms with Gasteiger partial charge in [-0.15, -0.1) is 10.2 Å². The van der Waals surface area contributed by atoms with Crippen LogP contribution in [0.2, 0.25) is 5.02 Å². The van der Waals surface area contributed by atoms with Crippen molar-refractivity contribution in [3.05, 3.63) is 34.9 Å². The first-order valence-electron chi connectivity index (χ1n) is 6.68. The predicted molar refractivity (Wildman–Crippen MR) is 89.3 cm³/mol. The van der Waals surface area contributed by atoms with Gasteiger partial charge in [0, 0.05) is 10.8 Å². The number of benzene rings is 1. The van der Waals surface area contributed by atoms with E-state index < -0.39 is 0 Å². The van der Waals surface area contributed by atoms with Crippen molar-refractivity contribution in [1.82, 2.24) is 10.2 Å². The molecule has 0 aliphatic rings.